The van der Waals surface area contributed by atoms with Crippen LogP contribution in [0, 0.1) is 0 Å². The Balaban J connectivity index is 1.66. The van der Waals surface area contributed by atoms with Crippen LogP contribution in [0.25, 0.3) is 0 Å². The lowest BCUT2D eigenvalue weighted by Crippen LogP contribution is -2.35. The molecule has 0 spiro atoms. The molecular weight excluding hydrogens is 350 g/mol. The van der Waals surface area contributed by atoms with Crippen molar-refractivity contribution in [2.75, 3.05) is 51.1 Å². The van der Waals surface area contributed by atoms with E-state index in [9.17, 15) is 0 Å². The second kappa shape index (κ2) is 8.10. The van der Waals surface area contributed by atoms with E-state index in [0.717, 1.165) is 49.1 Å². The molecule has 1 saturated heterocycles. The molecule has 3 rings (SSSR count). The normalized spacial score (nSPS) is 17.3. The molecule has 0 saturated carbocycles. The van der Waals surface area contributed by atoms with Gasteiger partial charge in [0.15, 0.2) is 0 Å². The summed E-state index contributed by atoms with van der Waals surface area (Å²) in [5, 5.41) is 0.707. The number of likely N-dealkylation sites (N-methyl/N-ethyl adjacent to an activating group) is 1. The molecule has 1 unspecified atom stereocenters. The summed E-state index contributed by atoms with van der Waals surface area (Å²) in [6, 6.07) is 8.33. The largest absolute Gasteiger partial charge is 0.495 e. The summed E-state index contributed by atoms with van der Waals surface area (Å²) in [5.41, 5.74) is 1.10. The average molecular weight is 376 g/mol. The first-order chi connectivity index (χ1) is 12.5. The van der Waals surface area contributed by atoms with Gasteiger partial charge in [0.25, 0.3) is 0 Å². The van der Waals surface area contributed by atoms with Crippen molar-refractivity contribution < 1.29 is 4.74 Å². The van der Waals surface area contributed by atoms with Gasteiger partial charge in [-0.25, -0.2) is 4.98 Å². The zero-order chi connectivity index (χ0) is 18.7. The number of halogens is 1. The molecule has 1 atom stereocenters. The molecule has 1 aromatic carbocycles. The number of hydrogen-bond acceptors (Lipinski definition) is 6. The molecular formula is C19H26ClN5O. The van der Waals surface area contributed by atoms with Crippen LogP contribution in [0.4, 0.5) is 11.8 Å². The fourth-order valence-electron chi connectivity index (χ4n) is 3.29. The number of rotatable bonds is 6. The molecule has 0 aliphatic carbocycles. The molecule has 0 radical (unpaired) electrons. The highest BCUT2D eigenvalue weighted by molar-refractivity contribution is 6.32. The minimum absolute atomic E-state index is 0.421. The number of methoxy groups -OCH3 is 1. The van der Waals surface area contributed by atoms with Gasteiger partial charge in [-0.2, -0.15) is 4.98 Å². The minimum Gasteiger partial charge on any atom is -0.495 e. The average Bonchev–Trinajstić information content (AvgIpc) is 3.11. The number of benzene rings is 1. The second-order valence-corrected chi connectivity index (χ2v) is 7.21. The third-order valence-corrected chi connectivity index (χ3v) is 5.27. The Bertz CT molecular complexity index is 754. The van der Waals surface area contributed by atoms with Crippen LogP contribution in [0.1, 0.15) is 12.0 Å². The summed E-state index contributed by atoms with van der Waals surface area (Å²) in [5.74, 6) is 2.41. The Labute approximate surface area is 160 Å². The number of likely N-dealkylation sites (tertiary alicyclic amines) is 1. The molecule has 7 heteroatoms. The van der Waals surface area contributed by atoms with Crippen molar-refractivity contribution in [2.45, 2.75) is 19.0 Å². The molecule has 26 heavy (non-hydrogen) atoms. The molecule has 1 fully saturated rings. The van der Waals surface area contributed by atoms with Crippen LogP contribution in [0.3, 0.4) is 0 Å². The highest BCUT2D eigenvalue weighted by Crippen LogP contribution is 2.30. The van der Waals surface area contributed by atoms with E-state index in [1.54, 1.807) is 7.11 Å². The Kier molecular flexibility index (Phi) is 5.84. The maximum Gasteiger partial charge on any atom is 0.226 e. The Morgan fingerprint density at radius 3 is 2.81 bits per heavy atom. The minimum atomic E-state index is 0.421. The lowest BCUT2D eigenvalue weighted by atomic mass is 10.2. The van der Waals surface area contributed by atoms with E-state index in [2.05, 4.69) is 32.9 Å². The van der Waals surface area contributed by atoms with Crippen molar-refractivity contribution in [3.8, 4) is 5.75 Å². The molecule has 0 amide bonds. The fourth-order valence-corrected chi connectivity index (χ4v) is 3.55. The predicted octanol–water partition coefficient (Wildman–Crippen LogP) is 2.92. The van der Waals surface area contributed by atoms with Gasteiger partial charge in [0.05, 0.1) is 12.1 Å². The van der Waals surface area contributed by atoms with Crippen LogP contribution in [-0.2, 0) is 6.54 Å². The van der Waals surface area contributed by atoms with Gasteiger partial charge in [0.1, 0.15) is 11.6 Å². The molecule has 1 aliphatic heterocycles. The number of aromatic nitrogens is 2. The molecule has 0 N–H and O–H groups in total. The summed E-state index contributed by atoms with van der Waals surface area (Å²) in [7, 11) is 7.66. The van der Waals surface area contributed by atoms with E-state index in [1.807, 2.05) is 43.4 Å². The summed E-state index contributed by atoms with van der Waals surface area (Å²) >= 11 is 6.45. The molecule has 2 heterocycles. The first-order valence-corrected chi connectivity index (χ1v) is 9.14. The SMILES string of the molecule is COc1cccc(CN2CCC(N(C)c3ccnc(N(C)C)n3)C2)c1Cl. The topological polar surface area (TPSA) is 44.7 Å². The van der Waals surface area contributed by atoms with Crippen LogP contribution in [0.15, 0.2) is 30.5 Å². The lowest BCUT2D eigenvalue weighted by Gasteiger charge is -2.26. The van der Waals surface area contributed by atoms with Crippen LogP contribution < -0.4 is 14.5 Å². The molecule has 1 aromatic heterocycles. The van der Waals surface area contributed by atoms with Crippen molar-refractivity contribution in [1.82, 2.24) is 14.9 Å². The highest BCUT2D eigenvalue weighted by Gasteiger charge is 2.27. The van der Waals surface area contributed by atoms with Gasteiger partial charge in [0, 0.05) is 53.0 Å². The molecule has 0 bridgehead atoms. The Hall–Kier alpha value is -2.05. The quantitative estimate of drug-likeness (QED) is 0.773. The zero-order valence-electron chi connectivity index (χ0n) is 15.8. The van der Waals surface area contributed by atoms with Gasteiger partial charge in [-0.3, -0.25) is 4.90 Å². The maximum absolute atomic E-state index is 6.45. The third-order valence-electron chi connectivity index (χ3n) is 4.84. The summed E-state index contributed by atoms with van der Waals surface area (Å²) < 4.78 is 5.32. The van der Waals surface area contributed by atoms with Crippen LogP contribution in [-0.4, -0.2) is 62.3 Å². The van der Waals surface area contributed by atoms with E-state index < -0.39 is 0 Å². The Morgan fingerprint density at radius 1 is 1.27 bits per heavy atom. The fraction of sp³-hybridized carbons (Fsp3) is 0.474. The standard InChI is InChI=1S/C19H26ClN5O/c1-23(2)19-21-10-8-17(22-19)24(3)15-9-11-25(13-15)12-14-6-5-7-16(26-4)18(14)20/h5-8,10,15H,9,11-13H2,1-4H3. The van der Waals surface area contributed by atoms with E-state index in [-0.39, 0.29) is 0 Å². The van der Waals surface area contributed by atoms with Crippen LogP contribution >= 0.6 is 11.6 Å². The maximum atomic E-state index is 6.45. The smallest absolute Gasteiger partial charge is 0.226 e. The van der Waals surface area contributed by atoms with E-state index in [1.165, 1.54) is 0 Å². The number of hydrogen-bond donors (Lipinski definition) is 0. The van der Waals surface area contributed by atoms with Gasteiger partial charge >= 0.3 is 0 Å². The van der Waals surface area contributed by atoms with Crippen LogP contribution in [0.5, 0.6) is 5.75 Å². The van der Waals surface area contributed by atoms with Crippen molar-refractivity contribution >= 4 is 23.4 Å². The molecule has 2 aromatic rings. The summed E-state index contributed by atoms with van der Waals surface area (Å²) in [6.07, 6.45) is 2.91. The lowest BCUT2D eigenvalue weighted by molar-refractivity contribution is 0.325. The first-order valence-electron chi connectivity index (χ1n) is 8.76. The van der Waals surface area contributed by atoms with Gasteiger partial charge < -0.3 is 14.5 Å². The van der Waals surface area contributed by atoms with Crippen LogP contribution in [0.2, 0.25) is 5.02 Å². The number of anilines is 2. The predicted molar refractivity (Wildman–Crippen MR) is 106 cm³/mol. The van der Waals surface area contributed by atoms with Gasteiger partial charge in [-0.15, -0.1) is 0 Å². The van der Waals surface area contributed by atoms with Crippen molar-refractivity contribution in [3.05, 3.63) is 41.0 Å². The van der Waals surface area contributed by atoms with E-state index in [0.29, 0.717) is 11.1 Å². The monoisotopic (exact) mass is 375 g/mol. The second-order valence-electron chi connectivity index (χ2n) is 6.83. The molecule has 140 valence electrons. The van der Waals surface area contributed by atoms with Gasteiger partial charge in [0.2, 0.25) is 5.95 Å². The van der Waals surface area contributed by atoms with Crippen molar-refractivity contribution in [3.63, 3.8) is 0 Å². The number of ether oxygens (including phenoxy) is 1. The first kappa shape index (κ1) is 18.7. The summed E-state index contributed by atoms with van der Waals surface area (Å²) in [4.78, 5) is 15.5. The third kappa shape index (κ3) is 4.02. The molecule has 1 aliphatic rings. The van der Waals surface area contributed by atoms with E-state index in [4.69, 9.17) is 16.3 Å². The van der Waals surface area contributed by atoms with Crippen molar-refractivity contribution in [1.29, 1.82) is 0 Å². The Morgan fingerprint density at radius 2 is 2.08 bits per heavy atom. The van der Waals surface area contributed by atoms with Gasteiger partial charge in [-0.05, 0) is 24.1 Å². The molecule has 6 nitrogen and oxygen atoms in total. The zero-order valence-corrected chi connectivity index (χ0v) is 16.6. The summed E-state index contributed by atoms with van der Waals surface area (Å²) in [6.45, 7) is 2.84. The van der Waals surface area contributed by atoms with Crippen molar-refractivity contribution in [2.24, 2.45) is 0 Å². The van der Waals surface area contributed by atoms with Gasteiger partial charge in [-0.1, -0.05) is 23.7 Å². The number of nitrogens with zero attached hydrogens (tertiary/aromatic N) is 5. The highest BCUT2D eigenvalue weighted by atomic mass is 35.5. The van der Waals surface area contributed by atoms with E-state index >= 15 is 0 Å².